The van der Waals surface area contributed by atoms with Crippen molar-refractivity contribution in [3.05, 3.63) is 30.3 Å². The van der Waals surface area contributed by atoms with Gasteiger partial charge < -0.3 is 11.1 Å². The van der Waals surface area contributed by atoms with Crippen LogP contribution >= 0.6 is 0 Å². The number of nitrogens with two attached hydrogens (primary N) is 1. The molecule has 0 aromatic carbocycles. The molecule has 0 rings (SSSR count). The summed E-state index contributed by atoms with van der Waals surface area (Å²) in [5.74, 6) is -3.57. The molecule has 0 aromatic heterocycles. The number of nitrogens with one attached hydrogen (secondary N) is 1. The Morgan fingerprint density at radius 3 is 1.75 bits per heavy atom. The largest absolute Gasteiger partial charge is 0.701 e. The molecular weight excluding hydrogens is 230 g/mol. The zero-order valence-corrected chi connectivity index (χ0v) is 7.69. The molecule has 3 N–H and O–H groups in total. The van der Waals surface area contributed by atoms with E-state index in [0.717, 1.165) is 0 Å². The Morgan fingerprint density at radius 1 is 1.12 bits per heavy atom. The normalized spacial score (nSPS) is 10.5. The van der Waals surface area contributed by atoms with Gasteiger partial charge in [0, 0.05) is 6.54 Å². The van der Waals surface area contributed by atoms with Crippen molar-refractivity contribution in [2.75, 3.05) is 6.54 Å². The van der Waals surface area contributed by atoms with Crippen molar-refractivity contribution in [1.29, 1.82) is 0 Å². The number of hydrogen-bond donors (Lipinski definition) is 2. The topological polar surface area (TPSA) is 185 Å². The van der Waals surface area contributed by atoms with E-state index >= 15 is 0 Å². The highest BCUT2D eigenvalue weighted by atomic mass is 16.7. The van der Waals surface area contributed by atoms with E-state index < -0.39 is 39.6 Å². The van der Waals surface area contributed by atoms with Crippen molar-refractivity contribution in [3.63, 3.8) is 0 Å². The maximum absolute atomic E-state index is 10.4. The minimum atomic E-state index is -3.57. The molecule has 0 radical (unpaired) electrons. The Kier molecular flexibility index (Phi) is 4.05. The van der Waals surface area contributed by atoms with Crippen LogP contribution in [0.15, 0.2) is 0 Å². The quantitative estimate of drug-likeness (QED) is 0.320. The van der Waals surface area contributed by atoms with Gasteiger partial charge in [0.15, 0.2) is 21.2 Å². The first kappa shape index (κ1) is 13.5. The highest BCUT2D eigenvalue weighted by molar-refractivity contribution is 5.71. The molecule has 0 aliphatic rings. The summed E-state index contributed by atoms with van der Waals surface area (Å²) in [6, 6.07) is -1.09. The minimum absolute atomic E-state index is 0.654. The SMILES string of the molecule is NC(=O)NCCC([N+](=O)[O-])([N+](=O)[O-])[N+](=O)[O-]. The van der Waals surface area contributed by atoms with E-state index in [1.807, 2.05) is 0 Å². The molecule has 0 bridgehead atoms. The minimum Gasteiger partial charge on any atom is -0.352 e. The standard InChI is InChI=1S/C4H7N5O7/c5-3(10)6-2-1-4(7(11)12,8(13)14)9(15)16/h1-2H2,(H3,5,6,10). The molecular formula is C4H7N5O7. The summed E-state index contributed by atoms with van der Waals surface area (Å²) in [5.41, 5.74) is 4.59. The summed E-state index contributed by atoms with van der Waals surface area (Å²) >= 11 is 0. The zero-order chi connectivity index (χ0) is 12.9. The number of carbonyl (C=O) groups is 1. The number of nitro groups is 3. The van der Waals surface area contributed by atoms with Gasteiger partial charge in [0.2, 0.25) is 0 Å². The van der Waals surface area contributed by atoms with Crippen LogP contribution < -0.4 is 11.1 Å². The fourth-order valence-corrected chi connectivity index (χ4v) is 0.827. The smallest absolute Gasteiger partial charge is 0.352 e. The third-order valence-corrected chi connectivity index (χ3v) is 1.64. The van der Waals surface area contributed by atoms with Crippen molar-refractivity contribution in [2.45, 2.75) is 12.2 Å². The van der Waals surface area contributed by atoms with Gasteiger partial charge in [-0.15, -0.1) is 0 Å². The van der Waals surface area contributed by atoms with Crippen LogP contribution in [0.3, 0.4) is 0 Å². The number of urea groups is 1. The molecule has 12 nitrogen and oxygen atoms in total. The van der Waals surface area contributed by atoms with Crippen LogP contribution in [0.2, 0.25) is 0 Å². The molecule has 0 aliphatic carbocycles. The van der Waals surface area contributed by atoms with E-state index in [-0.39, 0.29) is 0 Å². The van der Waals surface area contributed by atoms with Crippen LogP contribution in [-0.2, 0) is 0 Å². The van der Waals surface area contributed by atoms with Gasteiger partial charge in [-0.25, -0.2) is 4.79 Å². The molecule has 0 heterocycles. The molecule has 0 aliphatic heterocycles. The van der Waals surface area contributed by atoms with E-state index in [1.165, 1.54) is 0 Å². The summed E-state index contributed by atoms with van der Waals surface area (Å²) < 4.78 is 0. The average molecular weight is 237 g/mol. The fourth-order valence-electron chi connectivity index (χ4n) is 0.827. The van der Waals surface area contributed by atoms with E-state index in [0.29, 0.717) is 0 Å². The van der Waals surface area contributed by atoms with E-state index in [9.17, 15) is 35.1 Å². The molecule has 2 amide bonds. The monoisotopic (exact) mass is 237 g/mol. The number of nitrogens with zero attached hydrogens (tertiary/aromatic N) is 3. The fraction of sp³-hybridized carbons (Fsp3) is 0.750. The Morgan fingerprint density at radius 2 is 1.50 bits per heavy atom. The molecule has 0 atom stereocenters. The lowest BCUT2D eigenvalue weighted by molar-refractivity contribution is -0.970. The van der Waals surface area contributed by atoms with Crippen molar-refractivity contribution >= 4 is 6.03 Å². The van der Waals surface area contributed by atoms with Crippen LogP contribution in [-0.4, -0.2) is 33.1 Å². The van der Waals surface area contributed by atoms with E-state index in [2.05, 4.69) is 5.73 Å². The molecule has 0 aromatic rings. The predicted molar refractivity (Wildman–Crippen MR) is 45.9 cm³/mol. The number of hydrogen-bond acceptors (Lipinski definition) is 7. The van der Waals surface area contributed by atoms with Crippen molar-refractivity contribution < 1.29 is 19.6 Å². The molecule has 0 saturated carbocycles. The van der Waals surface area contributed by atoms with Crippen LogP contribution in [0, 0.1) is 30.3 Å². The molecule has 16 heavy (non-hydrogen) atoms. The highest BCUT2D eigenvalue weighted by Gasteiger charge is 2.69. The summed E-state index contributed by atoms with van der Waals surface area (Å²) in [6.07, 6.45) is -1.11. The summed E-state index contributed by atoms with van der Waals surface area (Å²) in [4.78, 5) is 36.4. The summed E-state index contributed by atoms with van der Waals surface area (Å²) in [7, 11) is 0. The Hall–Kier alpha value is -2.53. The number of amides is 2. The predicted octanol–water partition coefficient (Wildman–Crippen LogP) is -1.47. The lowest BCUT2D eigenvalue weighted by Crippen LogP contribution is -2.55. The number of primary amides is 1. The van der Waals surface area contributed by atoms with Gasteiger partial charge in [-0.1, -0.05) is 0 Å². The zero-order valence-electron chi connectivity index (χ0n) is 7.69. The van der Waals surface area contributed by atoms with Gasteiger partial charge in [-0.2, -0.15) is 0 Å². The van der Waals surface area contributed by atoms with Gasteiger partial charge in [0.1, 0.15) is 0 Å². The number of rotatable bonds is 6. The van der Waals surface area contributed by atoms with Crippen LogP contribution in [0.1, 0.15) is 6.42 Å². The van der Waals surface area contributed by atoms with Gasteiger partial charge in [-0.3, -0.25) is 30.3 Å². The van der Waals surface area contributed by atoms with Crippen LogP contribution in [0.25, 0.3) is 0 Å². The molecule has 12 heteroatoms. The van der Waals surface area contributed by atoms with Crippen LogP contribution in [0.5, 0.6) is 0 Å². The summed E-state index contributed by atoms with van der Waals surface area (Å²) in [5, 5.41) is 32.9. The van der Waals surface area contributed by atoms with E-state index in [1.54, 1.807) is 5.32 Å². The average Bonchev–Trinajstić information content (AvgIpc) is 2.09. The molecule has 0 spiro atoms. The van der Waals surface area contributed by atoms with Crippen molar-refractivity contribution in [2.24, 2.45) is 5.73 Å². The first-order valence-electron chi connectivity index (χ1n) is 3.72. The molecule has 0 fully saturated rings. The van der Waals surface area contributed by atoms with Gasteiger partial charge >= 0.3 is 11.8 Å². The highest BCUT2D eigenvalue weighted by Crippen LogP contribution is 2.16. The Bertz CT molecular complexity index is 304. The maximum atomic E-state index is 10.4. The van der Waals surface area contributed by atoms with Gasteiger partial charge in [-0.05, 0) is 0 Å². The lowest BCUT2D eigenvalue weighted by Gasteiger charge is -2.08. The first-order valence-corrected chi connectivity index (χ1v) is 3.72. The third-order valence-electron chi connectivity index (χ3n) is 1.64. The second kappa shape index (κ2) is 4.81. The molecule has 90 valence electrons. The van der Waals surface area contributed by atoms with Crippen LogP contribution in [0.4, 0.5) is 4.79 Å². The maximum Gasteiger partial charge on any atom is 0.701 e. The second-order valence-electron chi connectivity index (χ2n) is 2.59. The lowest BCUT2D eigenvalue weighted by atomic mass is 10.2. The first-order chi connectivity index (χ1) is 7.25. The molecule has 0 saturated heterocycles. The summed E-state index contributed by atoms with van der Waals surface area (Å²) in [6.45, 7) is -0.654. The van der Waals surface area contributed by atoms with Gasteiger partial charge in [0.05, 0.1) is 0 Å². The van der Waals surface area contributed by atoms with Gasteiger partial charge in [0.25, 0.3) is 0 Å². The Balaban J connectivity index is 4.92. The third kappa shape index (κ3) is 2.49. The Labute approximate surface area is 86.8 Å². The second-order valence-corrected chi connectivity index (χ2v) is 2.59. The van der Waals surface area contributed by atoms with E-state index in [4.69, 9.17) is 0 Å². The molecule has 0 unspecified atom stereocenters. The van der Waals surface area contributed by atoms with Crippen molar-refractivity contribution in [3.8, 4) is 0 Å². The van der Waals surface area contributed by atoms with Crippen molar-refractivity contribution in [1.82, 2.24) is 5.32 Å². The number of carbonyl (C=O) groups excluding carboxylic acids is 1.